The maximum absolute atomic E-state index is 5.86. The first-order valence-corrected chi connectivity index (χ1v) is 5.40. The predicted molar refractivity (Wildman–Crippen MR) is 68.4 cm³/mol. The Morgan fingerprint density at radius 3 is 2.13 bits per heavy atom. The summed E-state index contributed by atoms with van der Waals surface area (Å²) in [5.41, 5.74) is 1.23. The van der Waals surface area contributed by atoms with Gasteiger partial charge in [0.1, 0.15) is 0 Å². The fourth-order valence-corrected chi connectivity index (χ4v) is 1.79. The van der Waals surface area contributed by atoms with Crippen LogP contribution in [0.4, 0.5) is 0 Å². The molecule has 0 saturated carbocycles. The summed E-state index contributed by atoms with van der Waals surface area (Å²) in [5, 5.41) is 0.762. The van der Waals surface area contributed by atoms with Gasteiger partial charge in [-0.25, -0.2) is 0 Å². The lowest BCUT2D eigenvalue weighted by molar-refractivity contribution is 0.428. The van der Waals surface area contributed by atoms with Crippen molar-refractivity contribution in [1.29, 1.82) is 0 Å². The number of allylic oxidation sites excluding steroid dienone is 2. The molecule has 1 rings (SSSR count). The van der Waals surface area contributed by atoms with Crippen molar-refractivity contribution in [3.8, 4) is 0 Å². The van der Waals surface area contributed by atoms with E-state index in [1.807, 2.05) is 36.4 Å². The molecular formula is C14H17Cl. The van der Waals surface area contributed by atoms with E-state index < -0.39 is 0 Å². The van der Waals surface area contributed by atoms with E-state index in [1.165, 1.54) is 5.56 Å². The Hall–Kier alpha value is -1.01. The molecule has 0 nitrogen and oxygen atoms in total. The Morgan fingerprint density at radius 2 is 1.73 bits per heavy atom. The minimum atomic E-state index is 0.00950. The van der Waals surface area contributed by atoms with Gasteiger partial charge in [0.2, 0.25) is 0 Å². The Kier molecular flexibility index (Phi) is 3.76. The van der Waals surface area contributed by atoms with Crippen LogP contribution < -0.4 is 0 Å². The van der Waals surface area contributed by atoms with E-state index in [0.717, 1.165) is 5.02 Å². The van der Waals surface area contributed by atoms with Gasteiger partial charge < -0.3 is 0 Å². The van der Waals surface area contributed by atoms with Crippen LogP contribution in [0.2, 0.25) is 5.02 Å². The summed E-state index contributed by atoms with van der Waals surface area (Å²) in [7, 11) is 0. The van der Waals surface area contributed by atoms with Crippen LogP contribution in [0.1, 0.15) is 25.3 Å². The number of halogens is 1. The Balaban J connectivity index is 3.08. The second kappa shape index (κ2) is 4.67. The molecule has 0 saturated heterocycles. The summed E-state index contributed by atoms with van der Waals surface area (Å²) in [6.07, 6.45) is 3.93. The van der Waals surface area contributed by atoms with E-state index in [4.69, 9.17) is 11.6 Å². The molecule has 0 bridgehead atoms. The van der Waals surface area contributed by atoms with E-state index >= 15 is 0 Å². The maximum atomic E-state index is 5.86. The highest BCUT2D eigenvalue weighted by Crippen LogP contribution is 2.37. The lowest BCUT2D eigenvalue weighted by Crippen LogP contribution is -2.17. The molecule has 0 aromatic heterocycles. The monoisotopic (exact) mass is 220 g/mol. The molecule has 0 N–H and O–H groups in total. The van der Waals surface area contributed by atoms with Gasteiger partial charge in [0.25, 0.3) is 0 Å². The molecule has 0 amide bonds. The number of hydrogen-bond donors (Lipinski definition) is 0. The second-order valence-corrected chi connectivity index (χ2v) is 4.73. The fourth-order valence-electron chi connectivity index (χ4n) is 1.67. The highest BCUT2D eigenvalue weighted by Gasteiger charge is 2.24. The van der Waals surface area contributed by atoms with Gasteiger partial charge in [-0.15, -0.1) is 13.2 Å². The highest BCUT2D eigenvalue weighted by molar-refractivity contribution is 6.30. The minimum absolute atomic E-state index is 0.00950. The lowest BCUT2D eigenvalue weighted by atomic mass is 9.75. The third-order valence-corrected chi connectivity index (χ3v) is 3.04. The first-order chi connectivity index (χ1) is 7.01. The predicted octanol–water partition coefficient (Wildman–Crippen LogP) is 4.82. The lowest BCUT2D eigenvalue weighted by Gasteiger charge is -2.29. The van der Waals surface area contributed by atoms with Crippen LogP contribution in [0, 0.1) is 5.41 Å². The average molecular weight is 221 g/mol. The average Bonchev–Trinajstić information content (AvgIpc) is 2.22. The molecule has 80 valence electrons. The summed E-state index contributed by atoms with van der Waals surface area (Å²) in [5.74, 6) is 0.271. The molecule has 15 heavy (non-hydrogen) atoms. The van der Waals surface area contributed by atoms with Crippen molar-refractivity contribution >= 4 is 11.6 Å². The van der Waals surface area contributed by atoms with Crippen molar-refractivity contribution in [3.63, 3.8) is 0 Å². The molecular weight excluding hydrogens is 204 g/mol. The molecule has 1 aromatic carbocycles. The van der Waals surface area contributed by atoms with E-state index in [9.17, 15) is 0 Å². The van der Waals surface area contributed by atoms with Gasteiger partial charge >= 0.3 is 0 Å². The maximum Gasteiger partial charge on any atom is 0.0406 e. The van der Waals surface area contributed by atoms with Gasteiger partial charge in [-0.2, -0.15) is 0 Å². The molecule has 0 spiro atoms. The van der Waals surface area contributed by atoms with Crippen molar-refractivity contribution in [2.45, 2.75) is 19.8 Å². The van der Waals surface area contributed by atoms with Crippen LogP contribution in [-0.2, 0) is 0 Å². The molecule has 1 atom stereocenters. The zero-order valence-corrected chi connectivity index (χ0v) is 10.1. The molecule has 0 radical (unpaired) electrons. The Labute approximate surface area is 97.3 Å². The number of hydrogen-bond acceptors (Lipinski definition) is 0. The van der Waals surface area contributed by atoms with Gasteiger partial charge in [-0.05, 0) is 23.1 Å². The molecule has 1 aromatic rings. The third kappa shape index (κ3) is 2.73. The molecule has 0 fully saturated rings. The smallest absolute Gasteiger partial charge is 0.0406 e. The SMILES string of the molecule is C=CC(c1ccc(Cl)cc1)C(C)(C)C=C. The molecule has 0 aliphatic heterocycles. The summed E-state index contributed by atoms with van der Waals surface area (Å²) < 4.78 is 0. The van der Waals surface area contributed by atoms with E-state index in [1.54, 1.807) is 0 Å². The Morgan fingerprint density at radius 1 is 1.20 bits per heavy atom. The van der Waals surface area contributed by atoms with Crippen molar-refractivity contribution in [3.05, 3.63) is 60.2 Å². The zero-order valence-electron chi connectivity index (χ0n) is 9.33. The van der Waals surface area contributed by atoms with Crippen LogP contribution >= 0.6 is 11.6 Å². The van der Waals surface area contributed by atoms with Crippen molar-refractivity contribution in [2.24, 2.45) is 5.41 Å². The largest absolute Gasteiger partial charge is 0.103 e. The quantitative estimate of drug-likeness (QED) is 0.638. The molecule has 0 heterocycles. The van der Waals surface area contributed by atoms with Gasteiger partial charge in [0.15, 0.2) is 0 Å². The molecule has 0 aliphatic carbocycles. The molecule has 0 aliphatic rings. The fraction of sp³-hybridized carbons (Fsp3) is 0.286. The van der Waals surface area contributed by atoms with Crippen LogP contribution in [0.25, 0.3) is 0 Å². The van der Waals surface area contributed by atoms with Gasteiger partial charge in [0, 0.05) is 10.9 Å². The minimum Gasteiger partial charge on any atom is -0.103 e. The molecule has 1 heteroatoms. The van der Waals surface area contributed by atoms with Crippen LogP contribution in [-0.4, -0.2) is 0 Å². The van der Waals surface area contributed by atoms with Crippen molar-refractivity contribution in [1.82, 2.24) is 0 Å². The highest BCUT2D eigenvalue weighted by atomic mass is 35.5. The van der Waals surface area contributed by atoms with Crippen LogP contribution in [0.15, 0.2) is 49.6 Å². The van der Waals surface area contributed by atoms with Crippen molar-refractivity contribution < 1.29 is 0 Å². The van der Waals surface area contributed by atoms with Gasteiger partial charge in [0.05, 0.1) is 0 Å². The van der Waals surface area contributed by atoms with Crippen LogP contribution in [0.3, 0.4) is 0 Å². The zero-order chi connectivity index (χ0) is 11.5. The summed E-state index contributed by atoms with van der Waals surface area (Å²) >= 11 is 5.86. The number of rotatable bonds is 4. The number of benzene rings is 1. The summed E-state index contributed by atoms with van der Waals surface area (Å²) in [6, 6.07) is 7.90. The first-order valence-electron chi connectivity index (χ1n) is 5.03. The normalized spacial score (nSPS) is 13.3. The van der Waals surface area contributed by atoms with Crippen molar-refractivity contribution in [2.75, 3.05) is 0 Å². The van der Waals surface area contributed by atoms with E-state index in [2.05, 4.69) is 27.0 Å². The first kappa shape index (κ1) is 12.1. The summed E-state index contributed by atoms with van der Waals surface area (Å²) in [6.45, 7) is 12.1. The second-order valence-electron chi connectivity index (χ2n) is 4.29. The van der Waals surface area contributed by atoms with Gasteiger partial charge in [-0.3, -0.25) is 0 Å². The third-order valence-electron chi connectivity index (χ3n) is 2.79. The van der Waals surface area contributed by atoms with E-state index in [0.29, 0.717) is 0 Å². The van der Waals surface area contributed by atoms with Gasteiger partial charge in [-0.1, -0.05) is 49.7 Å². The van der Waals surface area contributed by atoms with E-state index in [-0.39, 0.29) is 11.3 Å². The topological polar surface area (TPSA) is 0 Å². The molecule has 1 unspecified atom stereocenters. The summed E-state index contributed by atoms with van der Waals surface area (Å²) in [4.78, 5) is 0. The Bertz CT molecular complexity index is 346. The standard InChI is InChI=1S/C14H17Cl/c1-5-13(14(3,4)6-2)11-7-9-12(15)10-8-11/h5-10,13H,1-2H2,3-4H3. The van der Waals surface area contributed by atoms with Crippen LogP contribution in [0.5, 0.6) is 0 Å².